The standard InChI is InChI=1S/C18H21N3O4/c1-14-3-2-4-16(19-14)20-6-8-24-13-18(11-20)12-21(17(22)10-25-18)15-5-7-23-9-15/h2-5,7,9H,6,8,10-13H2,1H3. The van der Waals surface area contributed by atoms with Crippen LogP contribution in [0.1, 0.15) is 5.69 Å². The molecule has 25 heavy (non-hydrogen) atoms. The molecular weight excluding hydrogens is 322 g/mol. The maximum Gasteiger partial charge on any atom is 0.253 e. The molecule has 2 fully saturated rings. The van der Waals surface area contributed by atoms with Crippen molar-refractivity contribution < 1.29 is 18.7 Å². The minimum Gasteiger partial charge on any atom is -0.470 e. The zero-order valence-electron chi connectivity index (χ0n) is 14.2. The summed E-state index contributed by atoms with van der Waals surface area (Å²) < 4.78 is 16.9. The van der Waals surface area contributed by atoms with E-state index in [1.807, 2.05) is 25.1 Å². The number of morpholine rings is 1. The quantitative estimate of drug-likeness (QED) is 0.825. The topological polar surface area (TPSA) is 68.0 Å². The predicted octanol–water partition coefficient (Wildman–Crippen LogP) is 1.62. The maximum atomic E-state index is 12.3. The van der Waals surface area contributed by atoms with Gasteiger partial charge in [-0.3, -0.25) is 4.79 Å². The van der Waals surface area contributed by atoms with Gasteiger partial charge in [0.1, 0.15) is 24.3 Å². The van der Waals surface area contributed by atoms with Crippen LogP contribution in [0.4, 0.5) is 11.5 Å². The molecule has 2 aromatic heterocycles. The van der Waals surface area contributed by atoms with E-state index in [1.165, 1.54) is 0 Å². The fraction of sp³-hybridized carbons (Fsp3) is 0.444. The summed E-state index contributed by atoms with van der Waals surface area (Å²) in [6.45, 7) is 4.82. The van der Waals surface area contributed by atoms with Crippen molar-refractivity contribution in [1.29, 1.82) is 0 Å². The monoisotopic (exact) mass is 343 g/mol. The molecule has 2 aliphatic rings. The van der Waals surface area contributed by atoms with E-state index in [9.17, 15) is 4.79 Å². The summed E-state index contributed by atoms with van der Waals surface area (Å²) in [4.78, 5) is 20.8. The second-order valence-corrected chi connectivity index (χ2v) is 6.54. The van der Waals surface area contributed by atoms with Crippen LogP contribution in [0.15, 0.2) is 41.2 Å². The first kappa shape index (κ1) is 16.1. The highest BCUT2D eigenvalue weighted by Gasteiger charge is 2.43. The first-order valence-electron chi connectivity index (χ1n) is 8.38. The van der Waals surface area contributed by atoms with Gasteiger partial charge in [-0.1, -0.05) is 6.07 Å². The highest BCUT2D eigenvalue weighted by atomic mass is 16.6. The molecule has 0 saturated carbocycles. The smallest absolute Gasteiger partial charge is 0.253 e. The van der Waals surface area contributed by atoms with Crippen molar-refractivity contribution in [1.82, 2.24) is 4.98 Å². The third-order valence-corrected chi connectivity index (χ3v) is 4.61. The lowest BCUT2D eigenvalue weighted by Gasteiger charge is -2.42. The Labute approximate surface area is 146 Å². The van der Waals surface area contributed by atoms with Gasteiger partial charge in [0, 0.05) is 18.3 Å². The molecule has 0 aromatic carbocycles. The Balaban J connectivity index is 1.60. The van der Waals surface area contributed by atoms with E-state index in [4.69, 9.17) is 13.9 Å². The van der Waals surface area contributed by atoms with Gasteiger partial charge in [0.2, 0.25) is 0 Å². The third kappa shape index (κ3) is 3.25. The van der Waals surface area contributed by atoms with Gasteiger partial charge in [0.05, 0.1) is 38.3 Å². The second-order valence-electron chi connectivity index (χ2n) is 6.54. The van der Waals surface area contributed by atoms with E-state index in [0.29, 0.717) is 26.3 Å². The molecular formula is C18H21N3O4. The van der Waals surface area contributed by atoms with Gasteiger partial charge >= 0.3 is 0 Å². The molecule has 0 radical (unpaired) electrons. The largest absolute Gasteiger partial charge is 0.470 e. The summed E-state index contributed by atoms with van der Waals surface area (Å²) in [6, 6.07) is 7.76. The molecule has 0 aliphatic carbocycles. The average Bonchev–Trinajstić information content (AvgIpc) is 3.06. The van der Waals surface area contributed by atoms with Crippen molar-refractivity contribution in [3.8, 4) is 0 Å². The normalized spacial score (nSPS) is 24.6. The molecule has 7 heteroatoms. The summed E-state index contributed by atoms with van der Waals surface area (Å²) in [5, 5.41) is 0. The van der Waals surface area contributed by atoms with Crippen molar-refractivity contribution in [3.63, 3.8) is 0 Å². The minimum atomic E-state index is -0.590. The molecule has 1 unspecified atom stereocenters. The number of carbonyl (C=O) groups is 1. The first-order chi connectivity index (χ1) is 12.2. The Morgan fingerprint density at radius 2 is 2.16 bits per heavy atom. The maximum absolute atomic E-state index is 12.3. The summed E-state index contributed by atoms with van der Waals surface area (Å²) in [7, 11) is 0. The van der Waals surface area contributed by atoms with E-state index < -0.39 is 5.60 Å². The lowest BCUT2D eigenvalue weighted by molar-refractivity contribution is -0.143. The van der Waals surface area contributed by atoms with E-state index in [1.54, 1.807) is 23.5 Å². The van der Waals surface area contributed by atoms with Crippen LogP contribution in [-0.2, 0) is 14.3 Å². The summed E-state index contributed by atoms with van der Waals surface area (Å²) in [5.41, 5.74) is 1.13. The van der Waals surface area contributed by atoms with Crippen LogP contribution < -0.4 is 9.80 Å². The molecule has 0 N–H and O–H groups in total. The zero-order valence-corrected chi connectivity index (χ0v) is 14.2. The fourth-order valence-electron chi connectivity index (χ4n) is 3.35. The summed E-state index contributed by atoms with van der Waals surface area (Å²) in [6.07, 6.45) is 3.14. The highest BCUT2D eigenvalue weighted by molar-refractivity contribution is 5.95. The summed E-state index contributed by atoms with van der Waals surface area (Å²) >= 11 is 0. The molecule has 132 valence electrons. The Bertz CT molecular complexity index is 749. The molecule has 4 rings (SSSR count). The van der Waals surface area contributed by atoms with Crippen LogP contribution in [0.5, 0.6) is 0 Å². The zero-order chi connectivity index (χ0) is 17.3. The number of nitrogens with zero attached hydrogens (tertiary/aromatic N) is 3. The molecule has 2 aliphatic heterocycles. The van der Waals surface area contributed by atoms with Gasteiger partial charge in [0.25, 0.3) is 5.91 Å². The number of aryl methyl sites for hydroxylation is 1. The van der Waals surface area contributed by atoms with Crippen molar-refractivity contribution in [3.05, 3.63) is 42.5 Å². The van der Waals surface area contributed by atoms with Crippen LogP contribution in [0, 0.1) is 6.92 Å². The Kier molecular flexibility index (Phi) is 4.19. The van der Waals surface area contributed by atoms with E-state index in [0.717, 1.165) is 23.7 Å². The number of hydrogen-bond acceptors (Lipinski definition) is 6. The lowest BCUT2D eigenvalue weighted by Crippen LogP contribution is -2.61. The Morgan fingerprint density at radius 3 is 2.96 bits per heavy atom. The Hall–Kier alpha value is -2.38. The lowest BCUT2D eigenvalue weighted by atomic mass is 10.0. The van der Waals surface area contributed by atoms with Crippen LogP contribution in [0.2, 0.25) is 0 Å². The molecule has 2 aromatic rings. The van der Waals surface area contributed by atoms with Crippen molar-refractivity contribution in [2.24, 2.45) is 0 Å². The predicted molar refractivity (Wildman–Crippen MR) is 91.8 cm³/mol. The molecule has 7 nitrogen and oxygen atoms in total. The number of furan rings is 1. The number of aromatic nitrogens is 1. The molecule has 1 atom stereocenters. The number of rotatable bonds is 2. The highest BCUT2D eigenvalue weighted by Crippen LogP contribution is 2.28. The van der Waals surface area contributed by atoms with Gasteiger partial charge in [-0.05, 0) is 19.1 Å². The van der Waals surface area contributed by atoms with Crippen LogP contribution >= 0.6 is 0 Å². The number of hydrogen-bond donors (Lipinski definition) is 0. The average molecular weight is 343 g/mol. The second kappa shape index (κ2) is 6.50. The van der Waals surface area contributed by atoms with Crippen LogP contribution in [-0.4, -0.2) is 55.9 Å². The molecule has 1 spiro atoms. The van der Waals surface area contributed by atoms with E-state index in [2.05, 4.69) is 9.88 Å². The third-order valence-electron chi connectivity index (χ3n) is 4.61. The number of anilines is 2. The van der Waals surface area contributed by atoms with E-state index >= 15 is 0 Å². The molecule has 1 amide bonds. The van der Waals surface area contributed by atoms with Crippen molar-refractivity contribution in [2.45, 2.75) is 12.5 Å². The van der Waals surface area contributed by atoms with Gasteiger partial charge in [-0.15, -0.1) is 0 Å². The molecule has 0 bridgehead atoms. The van der Waals surface area contributed by atoms with Gasteiger partial charge in [-0.2, -0.15) is 0 Å². The SMILES string of the molecule is Cc1cccc(N2CCOCC3(C2)CN(c2ccoc2)C(=O)CO3)n1. The molecule has 2 saturated heterocycles. The van der Waals surface area contributed by atoms with E-state index in [-0.39, 0.29) is 12.5 Å². The number of pyridine rings is 1. The number of ether oxygens (including phenoxy) is 2. The summed E-state index contributed by atoms with van der Waals surface area (Å²) in [5.74, 6) is 0.830. The molecule has 4 heterocycles. The Morgan fingerprint density at radius 1 is 1.24 bits per heavy atom. The van der Waals surface area contributed by atoms with Gasteiger partial charge in [0.15, 0.2) is 0 Å². The van der Waals surface area contributed by atoms with Gasteiger partial charge < -0.3 is 23.7 Å². The number of carbonyl (C=O) groups excluding carboxylic acids is 1. The van der Waals surface area contributed by atoms with Crippen LogP contribution in [0.25, 0.3) is 0 Å². The van der Waals surface area contributed by atoms with Gasteiger partial charge in [-0.25, -0.2) is 4.98 Å². The minimum absolute atomic E-state index is 0.0314. The van der Waals surface area contributed by atoms with Crippen LogP contribution in [0.3, 0.4) is 0 Å². The van der Waals surface area contributed by atoms with Crippen molar-refractivity contribution in [2.75, 3.05) is 49.3 Å². The first-order valence-corrected chi connectivity index (χ1v) is 8.38. The van der Waals surface area contributed by atoms with Crippen molar-refractivity contribution >= 4 is 17.4 Å². The fourth-order valence-corrected chi connectivity index (χ4v) is 3.35. The number of amides is 1.